The van der Waals surface area contributed by atoms with E-state index in [9.17, 15) is 10.2 Å². The number of phenolic OH excluding ortho intramolecular Hbond substituents is 1. The van der Waals surface area contributed by atoms with Crippen LogP contribution >= 0.6 is 0 Å². The second-order valence-corrected chi connectivity index (χ2v) is 9.13. The predicted molar refractivity (Wildman–Crippen MR) is 138 cm³/mol. The van der Waals surface area contributed by atoms with Crippen molar-refractivity contribution in [1.29, 1.82) is 0 Å². The minimum Gasteiger partial charge on any atom is -0.508 e. The molecule has 0 aromatic heterocycles. The summed E-state index contributed by atoms with van der Waals surface area (Å²) in [5, 5.41) is 23.0. The molecule has 34 heavy (non-hydrogen) atoms. The minimum absolute atomic E-state index is 0.0870. The molecule has 5 nitrogen and oxygen atoms in total. The van der Waals surface area contributed by atoms with Crippen molar-refractivity contribution < 1.29 is 14.9 Å². The van der Waals surface area contributed by atoms with E-state index in [1.165, 1.54) is 27.8 Å². The quantitative estimate of drug-likeness (QED) is 0.418. The minimum atomic E-state index is 0.0870. The van der Waals surface area contributed by atoms with Crippen molar-refractivity contribution in [3.63, 3.8) is 0 Å². The van der Waals surface area contributed by atoms with Crippen LogP contribution in [0.3, 0.4) is 0 Å². The van der Waals surface area contributed by atoms with Gasteiger partial charge in [0.15, 0.2) is 0 Å². The zero-order chi connectivity index (χ0) is 23.9. The van der Waals surface area contributed by atoms with Crippen molar-refractivity contribution >= 4 is 5.69 Å². The van der Waals surface area contributed by atoms with Gasteiger partial charge in [0, 0.05) is 24.8 Å². The summed E-state index contributed by atoms with van der Waals surface area (Å²) in [4.78, 5) is 2.27. The Morgan fingerprint density at radius 3 is 2.53 bits per heavy atom. The van der Waals surface area contributed by atoms with Gasteiger partial charge in [0.1, 0.15) is 11.5 Å². The van der Waals surface area contributed by atoms with Crippen molar-refractivity contribution in [2.45, 2.75) is 38.1 Å². The van der Waals surface area contributed by atoms with Crippen molar-refractivity contribution in [3.05, 3.63) is 88.5 Å². The molecule has 0 fully saturated rings. The maximum absolute atomic E-state index is 9.90. The molecule has 0 saturated carbocycles. The molecule has 1 aliphatic rings. The molecule has 0 amide bonds. The van der Waals surface area contributed by atoms with Crippen LogP contribution in [0.1, 0.15) is 40.2 Å². The van der Waals surface area contributed by atoms with E-state index in [0.717, 1.165) is 50.2 Å². The Labute approximate surface area is 203 Å². The second kappa shape index (κ2) is 11.4. The monoisotopic (exact) mass is 460 g/mol. The Hall–Kier alpha value is -3.02. The number of fused-ring (bicyclic) bond motifs is 1. The fraction of sp³-hybridized carbons (Fsp3) is 0.379. The normalized spacial score (nSPS) is 15.1. The number of likely N-dealkylation sites (N-methyl/N-ethyl adjacent to an activating group) is 1. The van der Waals surface area contributed by atoms with Crippen molar-refractivity contribution in [3.8, 4) is 11.5 Å². The number of nitrogens with one attached hydrogen (secondary N) is 1. The number of rotatable bonds is 10. The van der Waals surface area contributed by atoms with E-state index < -0.39 is 0 Å². The number of aromatic hydroxyl groups is 1. The van der Waals surface area contributed by atoms with E-state index in [-0.39, 0.29) is 6.61 Å². The highest BCUT2D eigenvalue weighted by Gasteiger charge is 2.25. The van der Waals surface area contributed by atoms with Crippen molar-refractivity contribution in [2.24, 2.45) is 0 Å². The molecule has 5 heteroatoms. The van der Waals surface area contributed by atoms with Crippen LogP contribution in [-0.2, 0) is 25.8 Å². The fourth-order valence-electron chi connectivity index (χ4n) is 4.98. The number of anilines is 1. The molecule has 1 unspecified atom stereocenters. The number of nitrogens with zero attached hydrogens (tertiary/aromatic N) is 1. The lowest BCUT2D eigenvalue weighted by atomic mass is 9.79. The second-order valence-electron chi connectivity index (χ2n) is 9.13. The van der Waals surface area contributed by atoms with Gasteiger partial charge in [-0.3, -0.25) is 0 Å². The van der Waals surface area contributed by atoms with Crippen LogP contribution in [0.25, 0.3) is 0 Å². The van der Waals surface area contributed by atoms with Gasteiger partial charge in [-0.05, 0) is 91.2 Å². The summed E-state index contributed by atoms with van der Waals surface area (Å²) in [5.74, 6) is 1.54. The highest BCUT2D eigenvalue weighted by molar-refractivity contribution is 5.60. The first-order chi connectivity index (χ1) is 16.6. The number of hydrogen-bond acceptors (Lipinski definition) is 5. The van der Waals surface area contributed by atoms with E-state index in [0.29, 0.717) is 18.2 Å². The van der Waals surface area contributed by atoms with E-state index in [1.807, 2.05) is 19.2 Å². The van der Waals surface area contributed by atoms with E-state index in [1.54, 1.807) is 13.2 Å². The highest BCUT2D eigenvalue weighted by Crippen LogP contribution is 2.40. The zero-order valence-electron chi connectivity index (χ0n) is 20.3. The summed E-state index contributed by atoms with van der Waals surface area (Å²) in [6.45, 7) is 2.33. The summed E-state index contributed by atoms with van der Waals surface area (Å²) in [6, 6.07) is 20.9. The third-order valence-electron chi connectivity index (χ3n) is 6.87. The fourth-order valence-corrected chi connectivity index (χ4v) is 4.98. The van der Waals surface area contributed by atoms with Gasteiger partial charge in [0.2, 0.25) is 0 Å². The number of phenols is 1. The molecular weight excluding hydrogens is 424 g/mol. The summed E-state index contributed by atoms with van der Waals surface area (Å²) in [6.07, 6.45) is 3.94. The Morgan fingerprint density at radius 1 is 1.00 bits per heavy atom. The highest BCUT2D eigenvalue weighted by atomic mass is 16.5. The molecular formula is C29H36N2O3. The molecule has 0 saturated heterocycles. The lowest BCUT2D eigenvalue weighted by molar-refractivity contribution is 0.301. The summed E-state index contributed by atoms with van der Waals surface area (Å²) >= 11 is 0. The van der Waals surface area contributed by atoms with Crippen LogP contribution in [0.5, 0.6) is 11.5 Å². The van der Waals surface area contributed by atoms with Gasteiger partial charge in [-0.15, -0.1) is 0 Å². The molecule has 0 bridgehead atoms. The molecule has 0 radical (unpaired) electrons. The van der Waals surface area contributed by atoms with E-state index in [2.05, 4.69) is 52.7 Å². The SMILES string of the molecule is CNCCc1ccc(CN(CCO)c2cc(OC)ccc2C2CCc3cc(O)ccc3C2)cc1. The molecule has 3 N–H and O–H groups in total. The Balaban J connectivity index is 1.62. The lowest BCUT2D eigenvalue weighted by Crippen LogP contribution is -2.28. The Bertz CT molecular complexity index is 1080. The molecule has 3 aromatic rings. The van der Waals surface area contributed by atoms with Crippen LogP contribution in [0.2, 0.25) is 0 Å². The number of methoxy groups -OCH3 is 1. The van der Waals surface area contributed by atoms with Crippen LogP contribution in [0.15, 0.2) is 60.7 Å². The number of aryl methyl sites for hydroxylation is 1. The summed E-state index contributed by atoms with van der Waals surface area (Å²) in [5.41, 5.74) is 7.51. The van der Waals surface area contributed by atoms with Gasteiger partial charge in [-0.25, -0.2) is 0 Å². The lowest BCUT2D eigenvalue weighted by Gasteiger charge is -2.32. The maximum atomic E-state index is 9.90. The predicted octanol–water partition coefficient (Wildman–Crippen LogP) is 4.43. The standard InChI is InChI=1S/C29H36N2O3/c1-30-14-13-21-3-5-22(6-4-21)20-31(15-16-32)29-19-27(34-2)11-12-28(29)25-8-7-24-18-26(33)10-9-23(24)17-25/h3-6,9-12,18-19,25,30,32-33H,7-8,13-17,20H2,1-2H3. The Kier molecular flexibility index (Phi) is 8.09. The first-order valence-corrected chi connectivity index (χ1v) is 12.2. The average molecular weight is 461 g/mol. The van der Waals surface area contributed by atoms with Crippen LogP contribution in [0, 0.1) is 0 Å². The zero-order valence-corrected chi connectivity index (χ0v) is 20.3. The molecule has 0 aliphatic heterocycles. The number of hydrogen-bond donors (Lipinski definition) is 3. The number of aliphatic hydroxyl groups excluding tert-OH is 1. The maximum Gasteiger partial charge on any atom is 0.120 e. The van der Waals surface area contributed by atoms with Gasteiger partial charge < -0.3 is 25.2 Å². The smallest absolute Gasteiger partial charge is 0.120 e. The van der Waals surface area contributed by atoms with E-state index in [4.69, 9.17) is 4.74 Å². The van der Waals surface area contributed by atoms with Crippen LogP contribution in [0.4, 0.5) is 5.69 Å². The molecule has 1 atom stereocenters. The molecule has 1 aliphatic carbocycles. The summed E-state index contributed by atoms with van der Waals surface area (Å²) < 4.78 is 5.58. The third kappa shape index (κ3) is 5.72. The molecule has 4 rings (SSSR count). The Morgan fingerprint density at radius 2 is 1.79 bits per heavy atom. The van der Waals surface area contributed by atoms with Crippen LogP contribution in [-0.4, -0.2) is 44.1 Å². The summed E-state index contributed by atoms with van der Waals surface area (Å²) in [7, 11) is 3.67. The molecule has 3 aromatic carbocycles. The number of ether oxygens (including phenoxy) is 1. The largest absolute Gasteiger partial charge is 0.508 e. The van der Waals surface area contributed by atoms with Crippen molar-refractivity contribution in [2.75, 3.05) is 38.8 Å². The topological polar surface area (TPSA) is 65.0 Å². The third-order valence-corrected chi connectivity index (χ3v) is 6.87. The van der Waals surface area contributed by atoms with Crippen LogP contribution < -0.4 is 15.0 Å². The molecule has 0 spiro atoms. The van der Waals surface area contributed by atoms with Gasteiger partial charge in [0.25, 0.3) is 0 Å². The van der Waals surface area contributed by atoms with Crippen molar-refractivity contribution in [1.82, 2.24) is 5.32 Å². The average Bonchev–Trinajstić information content (AvgIpc) is 2.87. The first kappa shape index (κ1) is 24.1. The van der Waals surface area contributed by atoms with E-state index >= 15 is 0 Å². The van der Waals surface area contributed by atoms with Gasteiger partial charge >= 0.3 is 0 Å². The van der Waals surface area contributed by atoms with Gasteiger partial charge in [-0.1, -0.05) is 36.4 Å². The molecule has 180 valence electrons. The molecule has 0 heterocycles. The van der Waals surface area contributed by atoms with Gasteiger partial charge in [-0.2, -0.15) is 0 Å². The van der Waals surface area contributed by atoms with Gasteiger partial charge in [0.05, 0.1) is 13.7 Å². The number of benzene rings is 3. The first-order valence-electron chi connectivity index (χ1n) is 12.2. The number of aliphatic hydroxyl groups is 1.